The first-order chi connectivity index (χ1) is 5.20. The van der Waals surface area contributed by atoms with Crippen LogP contribution in [0.4, 0.5) is 0 Å². The van der Waals surface area contributed by atoms with Gasteiger partial charge in [-0.2, -0.15) is 0 Å². The van der Waals surface area contributed by atoms with Crippen LogP contribution in [-0.4, -0.2) is 31.4 Å². The zero-order chi connectivity index (χ0) is 10.7. The van der Waals surface area contributed by atoms with E-state index in [1.54, 1.807) is 0 Å². The molecule has 14 nitrogen and oxygen atoms in total. The summed E-state index contributed by atoms with van der Waals surface area (Å²) < 4.78 is 0. The molecular weight excluding hydrogens is 321 g/mol. The molecule has 1 radical (unpaired) electrons. The average Bonchev–Trinajstić information content (AvgIpc) is 1.54. The molecule has 0 aliphatic carbocycles. The van der Waals surface area contributed by atoms with E-state index >= 15 is 0 Å². The van der Waals surface area contributed by atoms with Crippen LogP contribution < -0.4 is 0 Å². The van der Waals surface area contributed by atoms with Crippen molar-refractivity contribution in [2.24, 2.45) is 0 Å². The van der Waals surface area contributed by atoms with Gasteiger partial charge in [0.05, 0.1) is 10.2 Å². The van der Waals surface area contributed by atoms with E-state index in [1.165, 1.54) is 0 Å². The minimum Gasteiger partial charge on any atom is -0.412 e. The van der Waals surface area contributed by atoms with Crippen LogP contribution in [-0.2, 0) is 19.5 Å². The summed E-state index contributed by atoms with van der Waals surface area (Å²) in [5.74, 6) is 0. The third kappa shape index (κ3) is 362. The third-order valence-electron chi connectivity index (χ3n) is 0. The Morgan fingerprint density at radius 2 is 0.733 bits per heavy atom. The normalized spacial score (nSPS) is 4.80. The third-order valence-corrected chi connectivity index (χ3v) is 0. The Kier molecular flexibility index (Phi) is 74.8. The average molecular weight is 326 g/mol. The molecule has 5 N–H and O–H groups in total. The van der Waals surface area contributed by atoms with Gasteiger partial charge in [0, 0.05) is 19.5 Å². The fraction of sp³-hybridized carbons (Fsp3) is 0. The van der Waals surface area contributed by atoms with E-state index in [-0.39, 0.29) is 30.4 Å². The molecule has 0 spiro atoms. The van der Waals surface area contributed by atoms with Crippen LogP contribution in [0.25, 0.3) is 0 Å². The van der Waals surface area contributed by atoms with E-state index in [0.29, 0.717) is 0 Å². The van der Waals surface area contributed by atoms with E-state index in [0.717, 1.165) is 0 Å². The van der Waals surface area contributed by atoms with E-state index < -0.39 is 15.3 Å². The van der Waals surface area contributed by atoms with Crippen molar-refractivity contribution in [3.8, 4) is 0 Å². The quantitative estimate of drug-likeness (QED) is 0.280. The predicted octanol–water partition coefficient (Wildman–Crippen LogP) is -2.48. The van der Waals surface area contributed by atoms with Crippen LogP contribution in [0, 0.1) is 40.8 Å². The molecule has 0 aromatic rings. The molecular formula is H5N3O11Rh-2. The van der Waals surface area contributed by atoms with Gasteiger partial charge in [0.25, 0.3) is 5.09 Å². The molecule has 0 aliphatic heterocycles. The van der Waals surface area contributed by atoms with Crippen molar-refractivity contribution in [3.05, 3.63) is 40.8 Å². The second kappa shape index (κ2) is 29.6. The van der Waals surface area contributed by atoms with E-state index in [4.69, 9.17) is 46.0 Å². The topological polar surface area (TPSA) is 259 Å². The van der Waals surface area contributed by atoms with Gasteiger partial charge in [-0.1, -0.05) is 0 Å². The van der Waals surface area contributed by atoms with Crippen molar-refractivity contribution in [1.82, 2.24) is 0 Å². The number of nitrogens with zero attached hydrogens (tertiary/aromatic N) is 3. The summed E-state index contributed by atoms with van der Waals surface area (Å²) >= 11 is 0. The number of hydrogen-bond acceptors (Lipinski definition) is 8. The second-order valence-corrected chi connectivity index (χ2v) is 0.685. The van der Waals surface area contributed by atoms with Crippen molar-refractivity contribution >= 4 is 0 Å². The van der Waals surface area contributed by atoms with E-state index in [2.05, 4.69) is 0 Å². The number of rotatable bonds is 0. The first-order valence-electron chi connectivity index (χ1n) is 1.66. The van der Waals surface area contributed by atoms with Gasteiger partial charge in [-0.05, 0) is 0 Å². The molecule has 0 amide bonds. The molecule has 0 saturated carbocycles. The molecule has 15 heavy (non-hydrogen) atoms. The molecule has 0 heterocycles. The molecule has 0 aromatic heterocycles. The Morgan fingerprint density at radius 3 is 0.733 bits per heavy atom. The zero-order valence-corrected chi connectivity index (χ0v) is 8.03. The second-order valence-electron chi connectivity index (χ2n) is 0.685. The summed E-state index contributed by atoms with van der Waals surface area (Å²) in [6.07, 6.45) is 0. The van der Waals surface area contributed by atoms with Gasteiger partial charge in [-0.25, -0.2) is 0 Å². The van der Waals surface area contributed by atoms with Gasteiger partial charge in [0.1, 0.15) is 0 Å². The molecule has 0 unspecified atom stereocenters. The molecule has 0 fully saturated rings. The minimum absolute atomic E-state index is 0. The largest absolute Gasteiger partial charge is 0.412 e. The van der Waals surface area contributed by atoms with Crippen molar-refractivity contribution in [1.29, 1.82) is 0 Å². The summed E-state index contributed by atoms with van der Waals surface area (Å²) in [7, 11) is 0. The van der Waals surface area contributed by atoms with Crippen molar-refractivity contribution in [3.63, 3.8) is 0 Å². The standard InChI is InChI=1S/HNO3.2NO3.2H2O.Rh/c3*2-1(3)4;;;/h(H,2,3,4);;;2*1H2;/q;2*-1;;;. The molecule has 0 rings (SSSR count). The molecule has 0 atom stereocenters. The predicted molar refractivity (Wildman–Crippen MR) is 36.7 cm³/mol. The Morgan fingerprint density at radius 1 is 0.733 bits per heavy atom. The van der Waals surface area contributed by atoms with Crippen LogP contribution in [0.3, 0.4) is 0 Å². The van der Waals surface area contributed by atoms with E-state index in [1.807, 2.05) is 0 Å². The zero-order valence-electron chi connectivity index (χ0n) is 6.39. The van der Waals surface area contributed by atoms with Crippen LogP contribution in [0.1, 0.15) is 0 Å². The Hall–Kier alpha value is -1.86. The summed E-state index contributed by atoms with van der Waals surface area (Å²) in [5, 5.41) is 43.1. The molecule has 0 bridgehead atoms. The van der Waals surface area contributed by atoms with Gasteiger partial charge < -0.3 is 46.8 Å². The van der Waals surface area contributed by atoms with E-state index in [9.17, 15) is 0 Å². The maximum Gasteiger partial charge on any atom is 0.291 e. The Balaban J connectivity index is -0.0000000184. The molecule has 0 saturated heterocycles. The fourth-order valence-corrected chi connectivity index (χ4v) is 0. The maximum absolute atomic E-state index is 8.36. The van der Waals surface area contributed by atoms with Crippen LogP contribution in [0.15, 0.2) is 0 Å². The first-order valence-corrected chi connectivity index (χ1v) is 1.66. The first kappa shape index (κ1) is 38.0. The smallest absolute Gasteiger partial charge is 0.291 e. The van der Waals surface area contributed by atoms with Crippen molar-refractivity contribution in [2.45, 2.75) is 0 Å². The summed E-state index contributed by atoms with van der Waals surface area (Å²) in [4.78, 5) is 24.9. The Labute approximate surface area is 92.4 Å². The van der Waals surface area contributed by atoms with Crippen LogP contribution in [0.5, 0.6) is 0 Å². The molecule has 0 aliphatic rings. The summed E-state index contributed by atoms with van der Waals surface area (Å²) in [6.45, 7) is 0. The van der Waals surface area contributed by atoms with Gasteiger partial charge in [-0.3, -0.25) is 0 Å². The molecule has 0 aromatic carbocycles. The van der Waals surface area contributed by atoms with Gasteiger partial charge >= 0.3 is 0 Å². The van der Waals surface area contributed by atoms with Gasteiger partial charge in [0.2, 0.25) is 0 Å². The van der Waals surface area contributed by atoms with Crippen molar-refractivity contribution in [2.75, 3.05) is 0 Å². The summed E-state index contributed by atoms with van der Waals surface area (Å²) in [5.41, 5.74) is 0. The van der Waals surface area contributed by atoms with Crippen LogP contribution in [0.2, 0.25) is 0 Å². The monoisotopic (exact) mass is 326 g/mol. The fourth-order valence-electron chi connectivity index (χ4n) is 0. The van der Waals surface area contributed by atoms with Gasteiger partial charge in [-0.15, -0.1) is 10.1 Å². The summed E-state index contributed by atoms with van der Waals surface area (Å²) in [6, 6.07) is 0. The molecule has 97 valence electrons. The number of hydrogen-bond donors (Lipinski definition) is 1. The minimum atomic E-state index is -1.75. The Bertz CT molecular complexity index is 113. The van der Waals surface area contributed by atoms with Crippen molar-refractivity contribution < 1.29 is 50.9 Å². The molecule has 15 heteroatoms. The van der Waals surface area contributed by atoms with Gasteiger partial charge in [0.15, 0.2) is 0 Å². The van der Waals surface area contributed by atoms with Crippen LogP contribution >= 0.6 is 0 Å². The maximum atomic E-state index is 8.36. The SMILES string of the molecule is O.O.O=[N+]([O-])O.O=[N+]([O-])[O-].O=[N+]([O-])[O-].[Rh].